The van der Waals surface area contributed by atoms with E-state index >= 15 is 0 Å². The number of hydrogen-bond acceptors (Lipinski definition) is 5. The van der Waals surface area contributed by atoms with E-state index in [2.05, 4.69) is 14.9 Å². The molecule has 114 valence electrons. The van der Waals surface area contributed by atoms with Gasteiger partial charge in [0.2, 0.25) is 5.09 Å². The molecule has 8 heteroatoms. The predicted octanol–water partition coefficient (Wildman–Crippen LogP) is 0.259. The zero-order valence-corrected chi connectivity index (χ0v) is 12.8. The molecule has 0 aliphatic rings. The average molecular weight is 303 g/mol. The fourth-order valence-electron chi connectivity index (χ4n) is 1.64. The molecule has 1 aromatic heterocycles. The number of amides is 1. The van der Waals surface area contributed by atoms with Crippen LogP contribution in [-0.2, 0) is 10.0 Å². The van der Waals surface area contributed by atoms with Gasteiger partial charge in [0.15, 0.2) is 5.76 Å². The molecule has 2 N–H and O–H groups in total. The summed E-state index contributed by atoms with van der Waals surface area (Å²) in [6.45, 7) is 7.14. The fraction of sp³-hybridized carbons (Fsp3) is 0.583. The van der Waals surface area contributed by atoms with Crippen LogP contribution in [-0.4, -0.2) is 52.5 Å². The van der Waals surface area contributed by atoms with Crippen molar-refractivity contribution in [1.29, 1.82) is 0 Å². The van der Waals surface area contributed by atoms with E-state index in [0.29, 0.717) is 6.54 Å². The highest BCUT2D eigenvalue weighted by molar-refractivity contribution is 7.89. The minimum Gasteiger partial charge on any atom is -0.438 e. The maximum atomic E-state index is 11.8. The van der Waals surface area contributed by atoms with Crippen molar-refractivity contribution in [3.63, 3.8) is 0 Å². The molecule has 0 radical (unpaired) electrons. The molecule has 0 saturated heterocycles. The van der Waals surface area contributed by atoms with Crippen molar-refractivity contribution < 1.29 is 17.6 Å². The number of likely N-dealkylation sites (N-methyl/N-ethyl adjacent to an activating group) is 1. The van der Waals surface area contributed by atoms with Gasteiger partial charge in [0.1, 0.15) is 0 Å². The molecular formula is C12H21N3O4S. The van der Waals surface area contributed by atoms with Gasteiger partial charge < -0.3 is 14.6 Å². The van der Waals surface area contributed by atoms with E-state index in [1.165, 1.54) is 19.2 Å². The smallest absolute Gasteiger partial charge is 0.287 e. The van der Waals surface area contributed by atoms with Gasteiger partial charge in [-0.2, -0.15) is 0 Å². The number of carbonyl (C=O) groups is 1. The Bertz CT molecular complexity index is 535. The molecule has 0 aliphatic carbocycles. The lowest BCUT2D eigenvalue weighted by Gasteiger charge is -2.17. The molecule has 0 aliphatic heterocycles. The van der Waals surface area contributed by atoms with Gasteiger partial charge in [0.05, 0.1) is 0 Å². The summed E-state index contributed by atoms with van der Waals surface area (Å²) < 4.78 is 30.1. The van der Waals surface area contributed by atoms with E-state index in [1.807, 2.05) is 13.8 Å². The molecule has 1 rings (SSSR count). The lowest BCUT2D eigenvalue weighted by atomic mass is 10.4. The molecule has 1 amide bonds. The Balaban J connectivity index is 2.57. The van der Waals surface area contributed by atoms with Gasteiger partial charge in [-0.3, -0.25) is 4.79 Å². The van der Waals surface area contributed by atoms with E-state index in [4.69, 9.17) is 4.42 Å². The van der Waals surface area contributed by atoms with Crippen LogP contribution in [0.1, 0.15) is 24.4 Å². The zero-order valence-electron chi connectivity index (χ0n) is 12.0. The number of nitrogens with zero attached hydrogens (tertiary/aromatic N) is 1. The third-order valence-electron chi connectivity index (χ3n) is 2.95. The van der Waals surface area contributed by atoms with E-state index in [9.17, 15) is 13.2 Å². The van der Waals surface area contributed by atoms with Gasteiger partial charge in [0, 0.05) is 13.1 Å². The Morgan fingerprint density at radius 3 is 2.50 bits per heavy atom. The lowest BCUT2D eigenvalue weighted by molar-refractivity contribution is 0.0916. The summed E-state index contributed by atoms with van der Waals surface area (Å²) in [7, 11) is -2.38. The first-order chi connectivity index (χ1) is 9.44. The van der Waals surface area contributed by atoms with Crippen LogP contribution in [0.4, 0.5) is 0 Å². The Labute approximate surface area is 119 Å². The molecular weight excluding hydrogens is 282 g/mol. The maximum Gasteiger partial charge on any atom is 0.287 e. The van der Waals surface area contributed by atoms with E-state index < -0.39 is 15.9 Å². The van der Waals surface area contributed by atoms with Crippen molar-refractivity contribution >= 4 is 15.9 Å². The monoisotopic (exact) mass is 303 g/mol. The number of nitrogens with one attached hydrogen (secondary N) is 2. The molecule has 0 unspecified atom stereocenters. The van der Waals surface area contributed by atoms with Crippen LogP contribution in [0.3, 0.4) is 0 Å². The molecule has 20 heavy (non-hydrogen) atoms. The normalized spacial score (nSPS) is 11.8. The molecule has 1 heterocycles. The highest BCUT2D eigenvalue weighted by Gasteiger charge is 2.19. The standard InChI is InChI=1S/C12H21N3O4S/c1-4-15(5-2)9-8-14-12(16)10-6-7-11(19-10)20(17,18)13-3/h6-7,13H,4-5,8-9H2,1-3H3,(H,14,16). The quantitative estimate of drug-likeness (QED) is 0.719. The van der Waals surface area contributed by atoms with Crippen molar-refractivity contribution in [3.05, 3.63) is 17.9 Å². The van der Waals surface area contributed by atoms with Gasteiger partial charge in [-0.05, 0) is 32.3 Å². The van der Waals surface area contributed by atoms with E-state index in [0.717, 1.165) is 19.6 Å². The van der Waals surface area contributed by atoms with Crippen molar-refractivity contribution in [3.8, 4) is 0 Å². The van der Waals surface area contributed by atoms with Gasteiger partial charge >= 0.3 is 0 Å². The van der Waals surface area contributed by atoms with Gasteiger partial charge in [-0.1, -0.05) is 13.8 Å². The zero-order chi connectivity index (χ0) is 15.2. The Hall–Kier alpha value is -1.38. The largest absolute Gasteiger partial charge is 0.438 e. The van der Waals surface area contributed by atoms with Gasteiger partial charge in [0.25, 0.3) is 15.9 Å². The van der Waals surface area contributed by atoms with Crippen LogP contribution in [0.2, 0.25) is 0 Å². The van der Waals surface area contributed by atoms with Gasteiger partial charge in [-0.15, -0.1) is 0 Å². The Morgan fingerprint density at radius 1 is 1.30 bits per heavy atom. The predicted molar refractivity (Wildman–Crippen MR) is 75.1 cm³/mol. The highest BCUT2D eigenvalue weighted by Crippen LogP contribution is 2.13. The minimum atomic E-state index is -3.66. The number of furan rings is 1. The van der Waals surface area contributed by atoms with Crippen molar-refractivity contribution in [1.82, 2.24) is 14.9 Å². The van der Waals surface area contributed by atoms with Crippen molar-refractivity contribution in [2.45, 2.75) is 18.9 Å². The third kappa shape index (κ3) is 4.32. The lowest BCUT2D eigenvalue weighted by Crippen LogP contribution is -2.34. The molecule has 0 fully saturated rings. The maximum absolute atomic E-state index is 11.8. The Kier molecular flexibility index (Phi) is 6.18. The SMILES string of the molecule is CCN(CC)CCNC(=O)c1ccc(S(=O)(=O)NC)o1. The topological polar surface area (TPSA) is 91.7 Å². The molecule has 0 aromatic carbocycles. The van der Waals surface area contributed by atoms with Gasteiger partial charge in [-0.25, -0.2) is 13.1 Å². The van der Waals surface area contributed by atoms with Crippen molar-refractivity contribution in [2.24, 2.45) is 0 Å². The summed E-state index contributed by atoms with van der Waals surface area (Å²) in [6, 6.07) is 2.60. The fourth-order valence-corrected chi connectivity index (χ4v) is 2.29. The third-order valence-corrected chi connectivity index (χ3v) is 4.23. The summed E-state index contributed by atoms with van der Waals surface area (Å²) >= 11 is 0. The summed E-state index contributed by atoms with van der Waals surface area (Å²) in [6.07, 6.45) is 0. The molecule has 0 spiro atoms. The second kappa shape index (κ2) is 7.41. The van der Waals surface area contributed by atoms with Crippen LogP contribution in [0.25, 0.3) is 0 Å². The summed E-state index contributed by atoms with van der Waals surface area (Å²) in [5.41, 5.74) is 0. The molecule has 0 saturated carbocycles. The second-order valence-corrected chi connectivity index (χ2v) is 5.93. The van der Waals surface area contributed by atoms with E-state index in [-0.39, 0.29) is 10.9 Å². The number of sulfonamides is 1. The summed E-state index contributed by atoms with van der Waals surface area (Å²) in [5, 5.41) is 2.42. The highest BCUT2D eigenvalue weighted by atomic mass is 32.2. The van der Waals surface area contributed by atoms with E-state index in [1.54, 1.807) is 0 Å². The van der Waals surface area contributed by atoms with Crippen LogP contribution in [0.5, 0.6) is 0 Å². The Morgan fingerprint density at radius 2 is 1.95 bits per heavy atom. The summed E-state index contributed by atoms with van der Waals surface area (Å²) in [5.74, 6) is -0.437. The van der Waals surface area contributed by atoms with Crippen LogP contribution < -0.4 is 10.0 Å². The molecule has 1 aromatic rings. The molecule has 7 nitrogen and oxygen atoms in total. The number of hydrogen-bond donors (Lipinski definition) is 2. The summed E-state index contributed by atoms with van der Waals surface area (Å²) in [4.78, 5) is 14.0. The average Bonchev–Trinajstić information content (AvgIpc) is 2.94. The van der Waals surface area contributed by atoms with Crippen LogP contribution in [0, 0.1) is 0 Å². The first-order valence-corrected chi connectivity index (χ1v) is 7.96. The van der Waals surface area contributed by atoms with Crippen LogP contribution >= 0.6 is 0 Å². The van der Waals surface area contributed by atoms with Crippen molar-refractivity contribution in [2.75, 3.05) is 33.2 Å². The second-order valence-electron chi connectivity index (χ2n) is 4.11. The number of carbonyl (C=O) groups excluding carboxylic acids is 1. The van der Waals surface area contributed by atoms with Crippen LogP contribution in [0.15, 0.2) is 21.6 Å². The molecule has 0 bridgehead atoms. The first-order valence-electron chi connectivity index (χ1n) is 6.48. The molecule has 0 atom stereocenters. The first kappa shape index (κ1) is 16.7. The minimum absolute atomic E-state index is 0.0154. The number of rotatable bonds is 8.